The number of pyridine rings is 1. The van der Waals surface area contributed by atoms with Crippen molar-refractivity contribution < 1.29 is 9.32 Å². The minimum absolute atomic E-state index is 0.0820. The Bertz CT molecular complexity index is 607. The van der Waals surface area contributed by atoms with Crippen LogP contribution in [-0.4, -0.2) is 16.0 Å². The summed E-state index contributed by atoms with van der Waals surface area (Å²) in [6.07, 6.45) is 7.40. The van der Waals surface area contributed by atoms with Crippen LogP contribution in [0.15, 0.2) is 29.0 Å². The van der Waals surface area contributed by atoms with Gasteiger partial charge in [0.2, 0.25) is 0 Å². The predicted octanol–water partition coefficient (Wildman–Crippen LogP) is 2.44. The van der Waals surface area contributed by atoms with Crippen LogP contribution in [0.4, 0.5) is 0 Å². The number of fused-ring (bicyclic) bond motifs is 1. The third-order valence-electron chi connectivity index (χ3n) is 3.72. The molecule has 0 aliphatic heterocycles. The van der Waals surface area contributed by atoms with Gasteiger partial charge in [-0.15, -0.1) is 0 Å². The molecule has 5 nitrogen and oxygen atoms in total. The highest BCUT2D eigenvalue weighted by Crippen LogP contribution is 2.24. The second-order valence-electron chi connectivity index (χ2n) is 5.12. The molecule has 5 heteroatoms. The van der Waals surface area contributed by atoms with Gasteiger partial charge >= 0.3 is 0 Å². The van der Waals surface area contributed by atoms with Gasteiger partial charge in [-0.05, 0) is 43.9 Å². The maximum absolute atomic E-state index is 12.3. The van der Waals surface area contributed by atoms with Gasteiger partial charge in [-0.25, -0.2) is 0 Å². The molecule has 3 rings (SSSR count). The summed E-state index contributed by atoms with van der Waals surface area (Å²) in [6, 6.07) is 3.70. The summed E-state index contributed by atoms with van der Waals surface area (Å²) in [6.45, 7) is 1.94. The van der Waals surface area contributed by atoms with Crippen molar-refractivity contribution in [3.63, 3.8) is 0 Å². The molecule has 20 heavy (non-hydrogen) atoms. The number of carbonyl (C=O) groups excluding carboxylic acids is 1. The lowest BCUT2D eigenvalue weighted by Gasteiger charge is -2.14. The molecule has 0 aromatic carbocycles. The molecule has 1 aliphatic carbocycles. The van der Waals surface area contributed by atoms with Crippen LogP contribution in [0, 0.1) is 0 Å². The summed E-state index contributed by atoms with van der Waals surface area (Å²) in [4.78, 5) is 16.3. The van der Waals surface area contributed by atoms with Crippen molar-refractivity contribution in [3.8, 4) is 0 Å². The van der Waals surface area contributed by atoms with E-state index in [9.17, 15) is 4.79 Å². The zero-order chi connectivity index (χ0) is 13.9. The summed E-state index contributed by atoms with van der Waals surface area (Å²) in [5.74, 6) is 0.708. The van der Waals surface area contributed by atoms with Crippen molar-refractivity contribution in [2.24, 2.45) is 0 Å². The molecule has 0 fully saturated rings. The van der Waals surface area contributed by atoms with E-state index in [1.807, 2.05) is 19.1 Å². The monoisotopic (exact) mass is 271 g/mol. The standard InChI is InChI=1S/C15H17N3O2/c1-10(11-6-8-16-9-7-11)17-15(19)14-12-4-2-3-5-13(12)20-18-14/h6-10H,2-5H2,1H3,(H,17,19)/t10-/m1/s1. The lowest BCUT2D eigenvalue weighted by molar-refractivity contribution is 0.0930. The highest BCUT2D eigenvalue weighted by atomic mass is 16.5. The Morgan fingerprint density at radius 3 is 2.85 bits per heavy atom. The fourth-order valence-corrected chi connectivity index (χ4v) is 2.56. The molecule has 2 aromatic rings. The summed E-state index contributed by atoms with van der Waals surface area (Å²) < 4.78 is 5.27. The highest BCUT2D eigenvalue weighted by molar-refractivity contribution is 5.94. The van der Waals surface area contributed by atoms with Gasteiger partial charge in [0.25, 0.3) is 5.91 Å². The summed E-state index contributed by atoms with van der Waals surface area (Å²) in [5.41, 5.74) is 2.45. The Labute approximate surface area is 117 Å². The molecular formula is C15H17N3O2. The molecule has 0 unspecified atom stereocenters. The number of rotatable bonds is 3. The first-order chi connectivity index (χ1) is 9.75. The first-order valence-corrected chi connectivity index (χ1v) is 6.94. The minimum atomic E-state index is -0.166. The second kappa shape index (κ2) is 5.45. The van der Waals surface area contributed by atoms with Crippen LogP contribution in [0.1, 0.15) is 53.2 Å². The second-order valence-corrected chi connectivity index (χ2v) is 5.12. The van der Waals surface area contributed by atoms with Gasteiger partial charge in [-0.3, -0.25) is 9.78 Å². The van der Waals surface area contributed by atoms with Gasteiger partial charge in [-0.1, -0.05) is 5.16 Å². The Balaban J connectivity index is 1.75. The third-order valence-corrected chi connectivity index (χ3v) is 3.72. The zero-order valence-electron chi connectivity index (χ0n) is 11.4. The molecule has 1 N–H and O–H groups in total. The third kappa shape index (κ3) is 2.43. The number of amides is 1. The maximum atomic E-state index is 12.3. The van der Waals surface area contributed by atoms with Gasteiger partial charge in [0.05, 0.1) is 6.04 Å². The fourth-order valence-electron chi connectivity index (χ4n) is 2.56. The zero-order valence-corrected chi connectivity index (χ0v) is 11.4. The van der Waals surface area contributed by atoms with Crippen molar-refractivity contribution in [2.75, 3.05) is 0 Å². The number of hydrogen-bond acceptors (Lipinski definition) is 4. The first kappa shape index (κ1) is 12.8. The molecule has 1 atom stereocenters. The van der Waals surface area contributed by atoms with E-state index in [-0.39, 0.29) is 11.9 Å². The normalized spacial score (nSPS) is 15.4. The van der Waals surface area contributed by atoms with Gasteiger partial charge in [0.1, 0.15) is 5.76 Å². The van der Waals surface area contributed by atoms with Crippen LogP contribution >= 0.6 is 0 Å². The van der Waals surface area contributed by atoms with E-state index < -0.39 is 0 Å². The molecule has 2 aromatic heterocycles. The van der Waals surface area contributed by atoms with Crippen LogP contribution < -0.4 is 5.32 Å². The summed E-state index contributed by atoms with van der Waals surface area (Å²) >= 11 is 0. The van der Waals surface area contributed by atoms with Crippen molar-refractivity contribution in [2.45, 2.75) is 38.6 Å². The van der Waals surface area contributed by atoms with Crippen LogP contribution in [0.3, 0.4) is 0 Å². The topological polar surface area (TPSA) is 68.0 Å². The quantitative estimate of drug-likeness (QED) is 0.931. The van der Waals surface area contributed by atoms with Gasteiger partial charge in [-0.2, -0.15) is 0 Å². The molecule has 2 heterocycles. The fraction of sp³-hybridized carbons (Fsp3) is 0.400. The number of hydrogen-bond donors (Lipinski definition) is 1. The van der Waals surface area contributed by atoms with Crippen molar-refractivity contribution >= 4 is 5.91 Å². The summed E-state index contributed by atoms with van der Waals surface area (Å²) in [7, 11) is 0. The molecule has 0 radical (unpaired) electrons. The van der Waals surface area contributed by atoms with Crippen molar-refractivity contribution in [3.05, 3.63) is 47.1 Å². The maximum Gasteiger partial charge on any atom is 0.274 e. The van der Waals surface area contributed by atoms with Crippen molar-refractivity contribution in [1.82, 2.24) is 15.5 Å². The lowest BCUT2D eigenvalue weighted by atomic mass is 9.96. The van der Waals surface area contributed by atoms with Crippen molar-refractivity contribution in [1.29, 1.82) is 0 Å². The van der Waals surface area contributed by atoms with Crippen LogP contribution in [0.2, 0.25) is 0 Å². The SMILES string of the molecule is C[C@@H](NC(=O)c1noc2c1CCCC2)c1ccncc1. The molecular weight excluding hydrogens is 254 g/mol. The Morgan fingerprint density at radius 1 is 1.30 bits per heavy atom. The van der Waals surface area contributed by atoms with E-state index in [4.69, 9.17) is 4.52 Å². The van der Waals surface area contributed by atoms with E-state index in [0.29, 0.717) is 5.69 Å². The molecule has 1 aliphatic rings. The molecule has 0 spiro atoms. The van der Waals surface area contributed by atoms with E-state index >= 15 is 0 Å². The Morgan fingerprint density at radius 2 is 2.05 bits per heavy atom. The average molecular weight is 271 g/mol. The molecule has 1 amide bonds. The Kier molecular flexibility index (Phi) is 3.50. The summed E-state index contributed by atoms with van der Waals surface area (Å²) in [5, 5.41) is 6.90. The van der Waals surface area contributed by atoms with Gasteiger partial charge < -0.3 is 9.84 Å². The molecule has 0 bridgehead atoms. The lowest BCUT2D eigenvalue weighted by Crippen LogP contribution is -2.28. The largest absolute Gasteiger partial charge is 0.360 e. The smallest absolute Gasteiger partial charge is 0.274 e. The van der Waals surface area contributed by atoms with E-state index in [0.717, 1.165) is 42.6 Å². The van der Waals surface area contributed by atoms with E-state index in [1.54, 1.807) is 12.4 Å². The number of carbonyl (C=O) groups is 1. The number of aromatic nitrogens is 2. The molecule has 0 saturated carbocycles. The van der Waals surface area contributed by atoms with Crippen LogP contribution in [0.5, 0.6) is 0 Å². The van der Waals surface area contributed by atoms with Crippen LogP contribution in [-0.2, 0) is 12.8 Å². The predicted molar refractivity (Wildman–Crippen MR) is 73.3 cm³/mol. The highest BCUT2D eigenvalue weighted by Gasteiger charge is 2.24. The number of aryl methyl sites for hydroxylation is 1. The van der Waals surface area contributed by atoms with Gasteiger partial charge in [0, 0.05) is 24.4 Å². The molecule has 104 valence electrons. The first-order valence-electron chi connectivity index (χ1n) is 6.94. The molecule has 0 saturated heterocycles. The average Bonchev–Trinajstić information content (AvgIpc) is 2.92. The Hall–Kier alpha value is -2.17. The minimum Gasteiger partial charge on any atom is -0.360 e. The van der Waals surface area contributed by atoms with Gasteiger partial charge in [0.15, 0.2) is 5.69 Å². The van der Waals surface area contributed by atoms with E-state index in [1.165, 1.54) is 0 Å². The number of nitrogens with one attached hydrogen (secondary N) is 1. The van der Waals surface area contributed by atoms with Crippen LogP contribution in [0.25, 0.3) is 0 Å². The van der Waals surface area contributed by atoms with E-state index in [2.05, 4.69) is 15.5 Å². The number of nitrogens with zero attached hydrogens (tertiary/aromatic N) is 2.